The molecule has 0 unspecified atom stereocenters. The standard InChI is InChI=1S/C19H14ClN3O/c1-11-8-15-13(6-7-21-19(15)22-11)12-9-17(23-18(24)10-12)14-4-2-3-5-16(14)20/h2-10H,1H3,(H,21,22)(H,23,24). The first-order valence-electron chi connectivity index (χ1n) is 7.56. The van der Waals surface area contributed by atoms with Crippen molar-refractivity contribution in [2.24, 2.45) is 0 Å². The van der Waals surface area contributed by atoms with E-state index in [1.165, 1.54) is 0 Å². The monoisotopic (exact) mass is 335 g/mol. The van der Waals surface area contributed by atoms with Crippen molar-refractivity contribution in [1.82, 2.24) is 15.0 Å². The lowest BCUT2D eigenvalue weighted by Crippen LogP contribution is -2.06. The Kier molecular flexibility index (Phi) is 3.47. The number of H-pyrrole nitrogens is 2. The van der Waals surface area contributed by atoms with E-state index in [0.717, 1.165) is 33.4 Å². The van der Waals surface area contributed by atoms with Crippen LogP contribution in [0.4, 0.5) is 0 Å². The average Bonchev–Trinajstić information content (AvgIpc) is 2.94. The van der Waals surface area contributed by atoms with Gasteiger partial charge in [0.1, 0.15) is 5.65 Å². The molecule has 5 heteroatoms. The number of rotatable bonds is 2. The van der Waals surface area contributed by atoms with Gasteiger partial charge in [-0.15, -0.1) is 0 Å². The summed E-state index contributed by atoms with van der Waals surface area (Å²) in [5, 5.41) is 1.59. The van der Waals surface area contributed by atoms with Crippen LogP contribution in [-0.4, -0.2) is 15.0 Å². The molecule has 0 atom stereocenters. The maximum absolute atomic E-state index is 12.2. The van der Waals surface area contributed by atoms with Gasteiger partial charge in [-0.05, 0) is 42.3 Å². The minimum Gasteiger partial charge on any atom is -0.344 e. The molecular weight excluding hydrogens is 322 g/mol. The molecule has 0 aliphatic heterocycles. The van der Waals surface area contributed by atoms with Crippen LogP contribution in [0.25, 0.3) is 33.4 Å². The molecule has 0 bridgehead atoms. The van der Waals surface area contributed by atoms with Gasteiger partial charge in [0, 0.05) is 33.9 Å². The third-order valence-corrected chi connectivity index (χ3v) is 4.32. The minimum absolute atomic E-state index is 0.167. The van der Waals surface area contributed by atoms with Gasteiger partial charge in [0.25, 0.3) is 0 Å². The number of nitrogens with zero attached hydrogens (tertiary/aromatic N) is 1. The van der Waals surface area contributed by atoms with Crippen LogP contribution in [0.5, 0.6) is 0 Å². The summed E-state index contributed by atoms with van der Waals surface area (Å²) in [5.41, 5.74) is 4.96. The first-order chi connectivity index (χ1) is 11.6. The third-order valence-electron chi connectivity index (χ3n) is 3.99. The second-order valence-corrected chi connectivity index (χ2v) is 6.11. The van der Waals surface area contributed by atoms with Crippen LogP contribution in [0, 0.1) is 6.92 Å². The summed E-state index contributed by atoms with van der Waals surface area (Å²) in [7, 11) is 0. The molecule has 24 heavy (non-hydrogen) atoms. The highest BCUT2D eigenvalue weighted by Crippen LogP contribution is 2.31. The number of benzene rings is 1. The molecule has 0 amide bonds. The van der Waals surface area contributed by atoms with Crippen LogP contribution in [0.3, 0.4) is 0 Å². The van der Waals surface area contributed by atoms with E-state index in [-0.39, 0.29) is 5.56 Å². The van der Waals surface area contributed by atoms with Crippen molar-refractivity contribution < 1.29 is 0 Å². The van der Waals surface area contributed by atoms with E-state index >= 15 is 0 Å². The highest BCUT2D eigenvalue weighted by atomic mass is 35.5. The normalized spacial score (nSPS) is 11.1. The number of hydrogen-bond donors (Lipinski definition) is 2. The maximum atomic E-state index is 12.2. The quantitative estimate of drug-likeness (QED) is 0.564. The molecule has 3 aromatic heterocycles. The van der Waals surface area contributed by atoms with Crippen molar-refractivity contribution in [1.29, 1.82) is 0 Å². The predicted octanol–water partition coefficient (Wildman–Crippen LogP) is 4.55. The second kappa shape index (κ2) is 5.65. The molecule has 118 valence electrons. The lowest BCUT2D eigenvalue weighted by molar-refractivity contribution is 1.24. The van der Waals surface area contributed by atoms with Gasteiger partial charge in [-0.3, -0.25) is 4.79 Å². The van der Waals surface area contributed by atoms with Crippen LogP contribution in [0.2, 0.25) is 5.02 Å². The van der Waals surface area contributed by atoms with Gasteiger partial charge in [-0.1, -0.05) is 29.8 Å². The maximum Gasteiger partial charge on any atom is 0.249 e. The summed E-state index contributed by atoms with van der Waals surface area (Å²) in [5.74, 6) is 0. The SMILES string of the molecule is Cc1cc2c(-c3cc(-c4ccccc4Cl)[nH]c(=O)c3)ccnc2[nH]1. The Morgan fingerprint density at radius 3 is 2.67 bits per heavy atom. The summed E-state index contributed by atoms with van der Waals surface area (Å²) in [6.07, 6.45) is 1.74. The molecule has 0 saturated carbocycles. The highest BCUT2D eigenvalue weighted by molar-refractivity contribution is 6.33. The molecule has 3 heterocycles. The first-order valence-corrected chi connectivity index (χ1v) is 7.93. The molecule has 0 saturated heterocycles. The van der Waals surface area contributed by atoms with Crippen molar-refractivity contribution in [2.75, 3.05) is 0 Å². The molecule has 0 radical (unpaired) electrons. The van der Waals surface area contributed by atoms with Crippen LogP contribution in [0.1, 0.15) is 5.69 Å². The number of aromatic nitrogens is 3. The van der Waals surface area contributed by atoms with E-state index in [0.29, 0.717) is 10.7 Å². The van der Waals surface area contributed by atoms with Crippen molar-refractivity contribution in [3.8, 4) is 22.4 Å². The number of aromatic amines is 2. The number of nitrogens with one attached hydrogen (secondary N) is 2. The van der Waals surface area contributed by atoms with Gasteiger partial charge >= 0.3 is 0 Å². The fourth-order valence-electron chi connectivity index (χ4n) is 2.93. The summed E-state index contributed by atoms with van der Waals surface area (Å²) < 4.78 is 0. The molecule has 0 fully saturated rings. The smallest absolute Gasteiger partial charge is 0.249 e. The molecule has 2 N–H and O–H groups in total. The molecule has 4 nitrogen and oxygen atoms in total. The third kappa shape index (κ3) is 2.51. The van der Waals surface area contributed by atoms with Gasteiger partial charge < -0.3 is 9.97 Å². The molecule has 4 rings (SSSR count). The number of fused-ring (bicyclic) bond motifs is 1. The van der Waals surface area contributed by atoms with Gasteiger partial charge in [-0.2, -0.15) is 0 Å². The molecule has 0 aliphatic carbocycles. The van der Waals surface area contributed by atoms with Gasteiger partial charge in [-0.25, -0.2) is 4.98 Å². The Balaban J connectivity index is 1.96. The number of halogens is 1. The van der Waals surface area contributed by atoms with Crippen molar-refractivity contribution >= 4 is 22.6 Å². The van der Waals surface area contributed by atoms with Crippen molar-refractivity contribution in [3.05, 3.63) is 75.8 Å². The zero-order valence-corrected chi connectivity index (χ0v) is 13.7. The second-order valence-electron chi connectivity index (χ2n) is 5.70. The number of aryl methyl sites for hydroxylation is 1. The van der Waals surface area contributed by atoms with E-state index < -0.39 is 0 Å². The fourth-order valence-corrected chi connectivity index (χ4v) is 3.17. The van der Waals surface area contributed by atoms with Gasteiger partial charge in [0.05, 0.1) is 5.69 Å². The summed E-state index contributed by atoms with van der Waals surface area (Å²) in [6.45, 7) is 1.98. The molecule has 0 aliphatic rings. The first kappa shape index (κ1) is 14.7. The molecule has 0 spiro atoms. The van der Waals surface area contributed by atoms with Crippen LogP contribution < -0.4 is 5.56 Å². The van der Waals surface area contributed by atoms with Gasteiger partial charge in [0.15, 0.2) is 0 Å². The van der Waals surface area contributed by atoms with Crippen LogP contribution >= 0.6 is 11.6 Å². The minimum atomic E-state index is -0.167. The van der Waals surface area contributed by atoms with Crippen molar-refractivity contribution in [3.63, 3.8) is 0 Å². The Hall–Kier alpha value is -2.85. The highest BCUT2D eigenvalue weighted by Gasteiger charge is 2.11. The summed E-state index contributed by atoms with van der Waals surface area (Å²) in [6, 6.07) is 14.9. The number of pyridine rings is 2. The summed E-state index contributed by atoms with van der Waals surface area (Å²) in [4.78, 5) is 22.6. The Morgan fingerprint density at radius 1 is 1.00 bits per heavy atom. The Labute approximate surface area is 143 Å². The lowest BCUT2D eigenvalue weighted by Gasteiger charge is -2.08. The molecule has 4 aromatic rings. The Morgan fingerprint density at radius 2 is 1.83 bits per heavy atom. The van der Waals surface area contributed by atoms with E-state index in [1.54, 1.807) is 12.3 Å². The zero-order chi connectivity index (χ0) is 16.7. The van der Waals surface area contributed by atoms with E-state index in [2.05, 4.69) is 15.0 Å². The van der Waals surface area contributed by atoms with Crippen LogP contribution in [0.15, 0.2) is 59.5 Å². The Bertz CT molecular complexity index is 1110. The van der Waals surface area contributed by atoms with Crippen molar-refractivity contribution in [2.45, 2.75) is 6.92 Å². The molecular formula is C19H14ClN3O. The van der Waals surface area contributed by atoms with Crippen LogP contribution in [-0.2, 0) is 0 Å². The fraction of sp³-hybridized carbons (Fsp3) is 0.0526. The molecule has 1 aromatic carbocycles. The largest absolute Gasteiger partial charge is 0.344 e. The zero-order valence-electron chi connectivity index (χ0n) is 12.9. The topological polar surface area (TPSA) is 61.5 Å². The van der Waals surface area contributed by atoms with Gasteiger partial charge in [0.2, 0.25) is 5.56 Å². The van der Waals surface area contributed by atoms with E-state index in [9.17, 15) is 4.79 Å². The average molecular weight is 336 g/mol. The van der Waals surface area contributed by atoms with E-state index in [1.807, 2.05) is 49.4 Å². The number of hydrogen-bond acceptors (Lipinski definition) is 2. The van der Waals surface area contributed by atoms with E-state index in [4.69, 9.17) is 11.6 Å². The lowest BCUT2D eigenvalue weighted by atomic mass is 10.0. The summed E-state index contributed by atoms with van der Waals surface area (Å²) >= 11 is 6.27. The predicted molar refractivity (Wildman–Crippen MR) is 97.3 cm³/mol.